The fourth-order valence-electron chi connectivity index (χ4n) is 3.34. The highest BCUT2D eigenvalue weighted by Crippen LogP contribution is 2.33. The van der Waals surface area contributed by atoms with Gasteiger partial charge in [-0.05, 0) is 37.3 Å². The summed E-state index contributed by atoms with van der Waals surface area (Å²) in [6, 6.07) is 9.08. The SMILES string of the molecule is COC(=O)c1cc(-c2cnc(Nc3cccc(Cl)c3)nc2-n2nc(C(F)(F)F)cc2C)cnc1OC. The maximum atomic E-state index is 13.4. The number of halogens is 4. The Bertz CT molecular complexity index is 1440. The van der Waals surface area contributed by atoms with Gasteiger partial charge in [-0.25, -0.2) is 19.4 Å². The first-order valence-corrected chi connectivity index (χ1v) is 10.6. The van der Waals surface area contributed by atoms with E-state index in [9.17, 15) is 18.0 Å². The van der Waals surface area contributed by atoms with Crippen molar-refractivity contribution in [3.63, 3.8) is 0 Å². The molecule has 36 heavy (non-hydrogen) atoms. The number of pyridine rings is 1. The number of hydrogen-bond acceptors (Lipinski definition) is 8. The third-order valence-electron chi connectivity index (χ3n) is 4.99. The molecule has 3 heterocycles. The third-order valence-corrected chi connectivity index (χ3v) is 5.22. The number of alkyl halides is 3. The van der Waals surface area contributed by atoms with E-state index < -0.39 is 17.8 Å². The number of aryl methyl sites for hydroxylation is 1. The Morgan fingerprint density at radius 3 is 2.53 bits per heavy atom. The monoisotopic (exact) mass is 518 g/mol. The number of hydrogen-bond donors (Lipinski definition) is 1. The molecule has 1 aromatic carbocycles. The van der Waals surface area contributed by atoms with Gasteiger partial charge in [0.2, 0.25) is 11.8 Å². The standard InChI is InChI=1S/C23H18ClF3N6O3/c1-12-7-18(23(25,26)27)32-33(12)19-17(13-8-16(21(34)36-3)20(35-2)28-10-13)11-29-22(31-19)30-15-6-4-5-14(24)9-15/h4-11H,1-3H3,(H,29,30,31). The molecule has 0 saturated carbocycles. The molecule has 186 valence electrons. The van der Waals surface area contributed by atoms with Crippen LogP contribution in [0.1, 0.15) is 21.7 Å². The zero-order valence-corrected chi connectivity index (χ0v) is 19.8. The number of benzene rings is 1. The Balaban J connectivity index is 1.89. The molecule has 0 aliphatic carbocycles. The van der Waals surface area contributed by atoms with Crippen molar-refractivity contribution in [1.82, 2.24) is 24.7 Å². The number of ether oxygens (including phenoxy) is 2. The van der Waals surface area contributed by atoms with Gasteiger partial charge in [0, 0.05) is 39.9 Å². The number of nitrogens with one attached hydrogen (secondary N) is 1. The fraction of sp³-hybridized carbons (Fsp3) is 0.174. The Morgan fingerprint density at radius 1 is 1.11 bits per heavy atom. The van der Waals surface area contributed by atoms with E-state index in [0.29, 0.717) is 16.3 Å². The van der Waals surface area contributed by atoms with Gasteiger partial charge in [-0.3, -0.25) is 0 Å². The summed E-state index contributed by atoms with van der Waals surface area (Å²) >= 11 is 6.03. The van der Waals surface area contributed by atoms with E-state index in [1.165, 1.54) is 39.6 Å². The minimum atomic E-state index is -4.66. The lowest BCUT2D eigenvalue weighted by Crippen LogP contribution is -2.11. The maximum Gasteiger partial charge on any atom is 0.435 e. The zero-order chi connectivity index (χ0) is 26.0. The highest BCUT2D eigenvalue weighted by Gasteiger charge is 2.35. The summed E-state index contributed by atoms with van der Waals surface area (Å²) in [6.45, 7) is 1.46. The summed E-state index contributed by atoms with van der Waals surface area (Å²) in [5.41, 5.74) is 0.240. The molecule has 4 aromatic rings. The molecule has 0 saturated heterocycles. The van der Waals surface area contributed by atoms with E-state index in [1.54, 1.807) is 24.3 Å². The second-order valence-electron chi connectivity index (χ2n) is 7.42. The van der Waals surface area contributed by atoms with Gasteiger partial charge in [0.05, 0.1) is 14.2 Å². The van der Waals surface area contributed by atoms with Crippen LogP contribution in [0.25, 0.3) is 16.9 Å². The Morgan fingerprint density at radius 2 is 1.89 bits per heavy atom. The molecule has 0 fully saturated rings. The van der Waals surface area contributed by atoms with Gasteiger partial charge < -0.3 is 14.8 Å². The molecule has 0 aliphatic rings. The topological polar surface area (TPSA) is 104 Å². The second kappa shape index (κ2) is 9.82. The molecule has 1 N–H and O–H groups in total. The Kier molecular flexibility index (Phi) is 6.80. The largest absolute Gasteiger partial charge is 0.480 e. The number of esters is 1. The number of anilines is 2. The molecule has 0 unspecified atom stereocenters. The summed E-state index contributed by atoms with van der Waals surface area (Å²) < 4.78 is 51.1. The van der Waals surface area contributed by atoms with Gasteiger partial charge in [0.25, 0.3) is 0 Å². The van der Waals surface area contributed by atoms with Crippen molar-refractivity contribution in [3.05, 3.63) is 70.8 Å². The predicted octanol–water partition coefficient (Wildman–Crippen LogP) is 5.24. The zero-order valence-electron chi connectivity index (χ0n) is 19.1. The van der Waals surface area contributed by atoms with Crippen LogP contribution in [0.3, 0.4) is 0 Å². The fourth-order valence-corrected chi connectivity index (χ4v) is 3.53. The Hall–Kier alpha value is -4.19. The highest BCUT2D eigenvalue weighted by molar-refractivity contribution is 6.30. The molecular formula is C23H18ClF3N6O3. The van der Waals surface area contributed by atoms with Crippen molar-refractivity contribution >= 4 is 29.2 Å². The number of rotatable bonds is 6. The molecule has 0 amide bonds. The molecule has 0 atom stereocenters. The predicted molar refractivity (Wildman–Crippen MR) is 125 cm³/mol. The number of carbonyl (C=O) groups excluding carboxylic acids is 1. The smallest absolute Gasteiger partial charge is 0.435 e. The molecule has 0 bridgehead atoms. The molecule has 9 nitrogen and oxygen atoms in total. The lowest BCUT2D eigenvalue weighted by atomic mass is 10.1. The first kappa shape index (κ1) is 24.9. The van der Waals surface area contributed by atoms with Crippen molar-refractivity contribution < 1.29 is 27.4 Å². The van der Waals surface area contributed by atoms with Crippen molar-refractivity contribution in [3.8, 4) is 22.8 Å². The van der Waals surface area contributed by atoms with Crippen LogP contribution >= 0.6 is 11.6 Å². The summed E-state index contributed by atoms with van der Waals surface area (Å²) in [5, 5.41) is 7.16. The van der Waals surface area contributed by atoms with Crippen LogP contribution in [-0.2, 0) is 10.9 Å². The number of nitrogens with zero attached hydrogens (tertiary/aromatic N) is 5. The highest BCUT2D eigenvalue weighted by atomic mass is 35.5. The third kappa shape index (κ3) is 5.08. The van der Waals surface area contributed by atoms with E-state index >= 15 is 0 Å². The van der Waals surface area contributed by atoms with Crippen LogP contribution in [0.5, 0.6) is 5.88 Å². The van der Waals surface area contributed by atoms with E-state index in [2.05, 4.69) is 25.4 Å². The van der Waals surface area contributed by atoms with Crippen LogP contribution in [0.4, 0.5) is 24.8 Å². The first-order valence-electron chi connectivity index (χ1n) is 10.3. The van der Waals surface area contributed by atoms with Crippen molar-refractivity contribution in [2.75, 3.05) is 19.5 Å². The van der Waals surface area contributed by atoms with Gasteiger partial charge in [-0.1, -0.05) is 17.7 Å². The lowest BCUT2D eigenvalue weighted by Gasteiger charge is -2.14. The molecule has 4 rings (SSSR count). The molecular weight excluding hydrogens is 501 g/mol. The average Bonchev–Trinajstić information content (AvgIpc) is 3.25. The van der Waals surface area contributed by atoms with Crippen molar-refractivity contribution in [2.24, 2.45) is 0 Å². The van der Waals surface area contributed by atoms with Gasteiger partial charge in [-0.15, -0.1) is 0 Å². The minimum Gasteiger partial charge on any atom is -0.480 e. The van der Waals surface area contributed by atoms with Gasteiger partial charge in [0.15, 0.2) is 11.5 Å². The summed E-state index contributed by atoms with van der Waals surface area (Å²) in [6.07, 6.45) is -1.90. The lowest BCUT2D eigenvalue weighted by molar-refractivity contribution is -0.141. The molecule has 13 heteroatoms. The number of aromatic nitrogens is 5. The average molecular weight is 519 g/mol. The van der Waals surface area contributed by atoms with Crippen molar-refractivity contribution in [1.29, 1.82) is 0 Å². The summed E-state index contributed by atoms with van der Waals surface area (Å²) in [5.74, 6) is -0.598. The van der Waals surface area contributed by atoms with Crippen LogP contribution in [-0.4, -0.2) is 44.9 Å². The van der Waals surface area contributed by atoms with Gasteiger partial charge in [-0.2, -0.15) is 23.3 Å². The maximum absolute atomic E-state index is 13.4. The quantitative estimate of drug-likeness (QED) is 0.345. The van der Waals surface area contributed by atoms with E-state index in [0.717, 1.165) is 10.7 Å². The number of methoxy groups -OCH3 is 2. The van der Waals surface area contributed by atoms with Crippen molar-refractivity contribution in [2.45, 2.75) is 13.1 Å². The summed E-state index contributed by atoms with van der Waals surface area (Å²) in [7, 11) is 2.54. The first-order chi connectivity index (χ1) is 17.1. The minimum absolute atomic E-state index is 0.0118. The Labute approximate surface area is 207 Å². The van der Waals surface area contributed by atoms with E-state index in [4.69, 9.17) is 21.1 Å². The molecule has 3 aromatic heterocycles. The number of carbonyl (C=O) groups is 1. The van der Waals surface area contributed by atoms with E-state index in [-0.39, 0.29) is 34.5 Å². The van der Waals surface area contributed by atoms with Gasteiger partial charge in [0.1, 0.15) is 5.56 Å². The van der Waals surface area contributed by atoms with Gasteiger partial charge >= 0.3 is 12.1 Å². The normalized spacial score (nSPS) is 11.3. The second-order valence-corrected chi connectivity index (χ2v) is 7.86. The van der Waals surface area contributed by atoms with Crippen LogP contribution in [0.2, 0.25) is 5.02 Å². The van der Waals surface area contributed by atoms with Crippen LogP contribution < -0.4 is 10.1 Å². The van der Waals surface area contributed by atoms with E-state index in [1.807, 2.05) is 0 Å². The summed E-state index contributed by atoms with van der Waals surface area (Å²) in [4.78, 5) is 25.1. The molecule has 0 aliphatic heterocycles. The molecule has 0 spiro atoms. The molecule has 0 radical (unpaired) electrons. The van der Waals surface area contributed by atoms with Crippen LogP contribution in [0.15, 0.2) is 48.8 Å². The van der Waals surface area contributed by atoms with Crippen LogP contribution in [0, 0.1) is 6.92 Å².